The van der Waals surface area contributed by atoms with Crippen molar-refractivity contribution in [3.63, 3.8) is 0 Å². The Bertz CT molecular complexity index is 1050. The minimum atomic E-state index is -0.493. The Labute approximate surface area is 168 Å². The summed E-state index contributed by atoms with van der Waals surface area (Å²) >= 11 is 0. The zero-order chi connectivity index (χ0) is 21.0. The smallest absolute Gasteiger partial charge is 0.306 e. The van der Waals surface area contributed by atoms with Gasteiger partial charge in [-0.1, -0.05) is 44.2 Å². The van der Waals surface area contributed by atoms with E-state index in [2.05, 4.69) is 4.98 Å². The fourth-order valence-corrected chi connectivity index (χ4v) is 2.91. The Morgan fingerprint density at radius 3 is 2.52 bits per heavy atom. The van der Waals surface area contributed by atoms with E-state index < -0.39 is 11.8 Å². The largest absolute Gasteiger partial charge is 0.618 e. The van der Waals surface area contributed by atoms with Gasteiger partial charge in [0.15, 0.2) is 5.69 Å². The van der Waals surface area contributed by atoms with Gasteiger partial charge in [0, 0.05) is 12.0 Å². The van der Waals surface area contributed by atoms with Crippen LogP contribution < -0.4 is 9.47 Å². The summed E-state index contributed by atoms with van der Waals surface area (Å²) in [6.45, 7) is 3.54. The quantitative estimate of drug-likeness (QED) is 0.264. The van der Waals surface area contributed by atoms with Crippen LogP contribution in [-0.4, -0.2) is 23.8 Å². The fraction of sp³-hybridized carbons (Fsp3) is 0.273. The monoisotopic (exact) mass is 394 g/mol. The summed E-state index contributed by atoms with van der Waals surface area (Å²) < 4.78 is 11.0. The number of fused-ring (bicyclic) bond motifs is 1. The number of aromatic nitrogens is 2. The van der Waals surface area contributed by atoms with Crippen molar-refractivity contribution >= 4 is 22.8 Å². The zero-order valence-electron chi connectivity index (χ0n) is 16.5. The molecule has 2 aromatic carbocycles. The summed E-state index contributed by atoms with van der Waals surface area (Å²) in [5, 5.41) is 13.1. The van der Waals surface area contributed by atoms with Crippen molar-refractivity contribution < 1.29 is 23.8 Å². The summed E-state index contributed by atoms with van der Waals surface area (Å²) in [6.07, 6.45) is 0.240. The van der Waals surface area contributed by atoms with Crippen LogP contribution in [0.25, 0.3) is 11.0 Å². The molecule has 1 aromatic heterocycles. The minimum absolute atomic E-state index is 0.114. The molecule has 0 aliphatic carbocycles. The lowest BCUT2D eigenvalue weighted by Crippen LogP contribution is -2.38. The van der Waals surface area contributed by atoms with Crippen LogP contribution in [0.5, 0.6) is 5.75 Å². The SMILES string of the molecule is COc1ccc2nc(COC(=O)CC(C)C)c(C(=O)c3ccccc3)[n+]([O-])c2c1. The molecule has 1 heterocycles. The number of hydrogen-bond acceptors (Lipinski definition) is 6. The molecule has 0 bridgehead atoms. The van der Waals surface area contributed by atoms with Gasteiger partial charge in [-0.25, -0.2) is 4.98 Å². The van der Waals surface area contributed by atoms with Gasteiger partial charge in [-0.05, 0) is 18.1 Å². The molecule has 7 nitrogen and oxygen atoms in total. The molecule has 3 aromatic rings. The number of carbonyl (C=O) groups excluding carboxylic acids is 2. The Kier molecular flexibility index (Phi) is 6.07. The van der Waals surface area contributed by atoms with Gasteiger partial charge in [0.25, 0.3) is 11.5 Å². The maximum Gasteiger partial charge on any atom is 0.306 e. The maximum atomic E-state index is 13.1. The van der Waals surface area contributed by atoms with Crippen LogP contribution in [0.4, 0.5) is 0 Å². The van der Waals surface area contributed by atoms with Crippen LogP contribution in [0.3, 0.4) is 0 Å². The molecule has 0 aliphatic heterocycles. The topological polar surface area (TPSA) is 92.4 Å². The number of benzene rings is 2. The summed E-state index contributed by atoms with van der Waals surface area (Å²) in [5.41, 5.74) is 0.857. The number of ketones is 1. The Morgan fingerprint density at radius 1 is 1.14 bits per heavy atom. The molecule has 7 heteroatoms. The highest BCUT2D eigenvalue weighted by Gasteiger charge is 2.28. The average Bonchev–Trinajstić information content (AvgIpc) is 2.72. The maximum absolute atomic E-state index is 13.1. The molecule has 0 radical (unpaired) electrons. The summed E-state index contributed by atoms with van der Waals surface area (Å²) in [6, 6.07) is 13.2. The van der Waals surface area contributed by atoms with Gasteiger partial charge in [0.05, 0.1) is 13.2 Å². The predicted molar refractivity (Wildman–Crippen MR) is 106 cm³/mol. The van der Waals surface area contributed by atoms with Gasteiger partial charge in [-0.2, -0.15) is 4.73 Å². The van der Waals surface area contributed by atoms with Crippen LogP contribution in [-0.2, 0) is 16.1 Å². The molecule has 0 aliphatic rings. The Balaban J connectivity index is 2.09. The zero-order valence-corrected chi connectivity index (χ0v) is 16.5. The van der Waals surface area contributed by atoms with Gasteiger partial charge < -0.3 is 14.7 Å². The van der Waals surface area contributed by atoms with Crippen molar-refractivity contribution in [2.75, 3.05) is 7.11 Å². The number of esters is 1. The molecule has 0 saturated carbocycles. The van der Waals surface area contributed by atoms with E-state index in [0.717, 1.165) is 0 Å². The van der Waals surface area contributed by atoms with Gasteiger partial charge >= 0.3 is 5.97 Å². The molecule has 0 N–H and O–H groups in total. The highest BCUT2D eigenvalue weighted by Crippen LogP contribution is 2.20. The van der Waals surface area contributed by atoms with E-state index in [-0.39, 0.29) is 35.9 Å². The van der Waals surface area contributed by atoms with Crippen molar-refractivity contribution in [3.8, 4) is 5.75 Å². The van der Waals surface area contributed by atoms with Gasteiger partial charge in [-0.3, -0.25) is 9.59 Å². The van der Waals surface area contributed by atoms with E-state index in [1.807, 2.05) is 13.8 Å². The lowest BCUT2D eigenvalue weighted by Gasteiger charge is -2.13. The predicted octanol–water partition coefficient (Wildman–Crippen LogP) is 3.20. The van der Waals surface area contributed by atoms with Gasteiger partial charge in [0.1, 0.15) is 17.9 Å². The third-order valence-corrected chi connectivity index (χ3v) is 4.33. The van der Waals surface area contributed by atoms with Crippen LogP contribution in [0.2, 0.25) is 0 Å². The molecule has 150 valence electrons. The van der Waals surface area contributed by atoms with E-state index in [4.69, 9.17) is 9.47 Å². The van der Waals surface area contributed by atoms with Crippen molar-refractivity contribution in [1.82, 2.24) is 4.98 Å². The lowest BCUT2D eigenvalue weighted by molar-refractivity contribution is -0.580. The average molecular weight is 394 g/mol. The van der Waals surface area contributed by atoms with Crippen molar-refractivity contribution in [2.45, 2.75) is 26.9 Å². The highest BCUT2D eigenvalue weighted by molar-refractivity contribution is 6.07. The first-order valence-corrected chi connectivity index (χ1v) is 9.26. The van der Waals surface area contributed by atoms with E-state index in [1.54, 1.807) is 42.5 Å². The van der Waals surface area contributed by atoms with Gasteiger partial charge in [0.2, 0.25) is 5.52 Å². The third-order valence-electron chi connectivity index (χ3n) is 4.33. The molecule has 0 saturated heterocycles. The number of hydrogen-bond donors (Lipinski definition) is 0. The van der Waals surface area contributed by atoms with E-state index in [0.29, 0.717) is 21.6 Å². The van der Waals surface area contributed by atoms with Crippen molar-refractivity contribution in [2.24, 2.45) is 5.92 Å². The molecular formula is C22H22N2O5. The summed E-state index contributed by atoms with van der Waals surface area (Å²) in [5.74, 6) is -0.299. The Hall–Kier alpha value is -3.48. The van der Waals surface area contributed by atoms with Crippen molar-refractivity contribution in [3.05, 3.63) is 70.7 Å². The molecule has 0 fully saturated rings. The van der Waals surface area contributed by atoms with Crippen LogP contribution in [0.1, 0.15) is 42.0 Å². The number of ether oxygens (including phenoxy) is 2. The van der Waals surface area contributed by atoms with E-state index >= 15 is 0 Å². The first kappa shape index (κ1) is 20.3. The molecule has 0 atom stereocenters. The molecule has 0 spiro atoms. The second-order valence-electron chi connectivity index (χ2n) is 7.01. The number of methoxy groups -OCH3 is 1. The van der Waals surface area contributed by atoms with E-state index in [9.17, 15) is 14.8 Å². The van der Waals surface area contributed by atoms with Crippen LogP contribution in [0, 0.1) is 11.1 Å². The second kappa shape index (κ2) is 8.68. The molecule has 0 amide bonds. The van der Waals surface area contributed by atoms with Crippen LogP contribution in [0.15, 0.2) is 48.5 Å². The third kappa shape index (κ3) is 4.51. The first-order valence-electron chi connectivity index (χ1n) is 9.26. The number of rotatable bonds is 7. The number of nitrogens with zero attached hydrogens (tertiary/aromatic N) is 2. The lowest BCUT2D eigenvalue weighted by atomic mass is 10.1. The fourth-order valence-electron chi connectivity index (χ4n) is 2.91. The highest BCUT2D eigenvalue weighted by atomic mass is 16.5. The molecule has 29 heavy (non-hydrogen) atoms. The minimum Gasteiger partial charge on any atom is -0.618 e. The summed E-state index contributed by atoms with van der Waals surface area (Å²) in [7, 11) is 1.49. The number of carbonyl (C=O) groups is 2. The second-order valence-corrected chi connectivity index (χ2v) is 7.01. The first-order chi connectivity index (χ1) is 13.9. The molecule has 0 unspecified atom stereocenters. The standard InChI is InChI=1S/C22H22N2O5/c1-14(2)11-20(25)29-13-18-21(22(26)15-7-5-4-6-8-15)24(27)19-12-16(28-3)9-10-17(19)23-18/h4-10,12,14H,11,13H2,1-3H3. The molecule has 3 rings (SSSR count). The summed E-state index contributed by atoms with van der Waals surface area (Å²) in [4.78, 5) is 29.5. The molecular weight excluding hydrogens is 372 g/mol. The normalized spacial score (nSPS) is 10.9. The Morgan fingerprint density at radius 2 is 1.86 bits per heavy atom. The van der Waals surface area contributed by atoms with Crippen molar-refractivity contribution in [1.29, 1.82) is 0 Å². The van der Waals surface area contributed by atoms with E-state index in [1.165, 1.54) is 13.2 Å². The van der Waals surface area contributed by atoms with Crippen LogP contribution >= 0.6 is 0 Å². The van der Waals surface area contributed by atoms with Gasteiger partial charge in [-0.15, -0.1) is 0 Å².